The molecule has 19 heavy (non-hydrogen) atoms. The Kier molecular flexibility index (Phi) is 5.16. The van der Waals surface area contributed by atoms with E-state index in [0.717, 1.165) is 37.3 Å². The molecule has 0 bridgehead atoms. The van der Waals surface area contributed by atoms with Crippen LogP contribution in [0.1, 0.15) is 25.6 Å². The van der Waals surface area contributed by atoms with Crippen LogP contribution < -0.4 is 5.32 Å². The van der Waals surface area contributed by atoms with Gasteiger partial charge in [-0.2, -0.15) is 0 Å². The Morgan fingerprint density at radius 3 is 2.84 bits per heavy atom. The molecule has 0 radical (unpaired) electrons. The van der Waals surface area contributed by atoms with Crippen LogP contribution in [0.25, 0.3) is 11.0 Å². The van der Waals surface area contributed by atoms with E-state index in [0.29, 0.717) is 0 Å². The van der Waals surface area contributed by atoms with Gasteiger partial charge in [0.15, 0.2) is 0 Å². The standard InChI is InChI=1S/C16H23N3/c1-3-12-17-13-8-4-5-11-16-18-14-9-6-7-10-15(14)19(16)2/h4-7,9-10,17H,3,8,11-13H2,1-2H3. The second-order valence-corrected chi connectivity index (χ2v) is 4.79. The van der Waals surface area contributed by atoms with Gasteiger partial charge >= 0.3 is 0 Å². The summed E-state index contributed by atoms with van der Waals surface area (Å²) >= 11 is 0. The first kappa shape index (κ1) is 13.8. The first-order chi connectivity index (χ1) is 9.33. The third-order valence-electron chi connectivity index (χ3n) is 3.26. The quantitative estimate of drug-likeness (QED) is 0.610. The average Bonchev–Trinajstić information content (AvgIpc) is 2.75. The largest absolute Gasteiger partial charge is 0.331 e. The van der Waals surface area contributed by atoms with Crippen LogP contribution in [-0.4, -0.2) is 22.6 Å². The predicted octanol–water partition coefficient (Wildman–Crippen LogP) is 3.06. The molecule has 3 nitrogen and oxygen atoms in total. The Labute approximate surface area is 115 Å². The summed E-state index contributed by atoms with van der Waals surface area (Å²) in [6, 6.07) is 8.28. The van der Waals surface area contributed by atoms with Crippen molar-refractivity contribution < 1.29 is 0 Å². The maximum atomic E-state index is 4.66. The first-order valence-electron chi connectivity index (χ1n) is 7.09. The highest BCUT2D eigenvalue weighted by Gasteiger charge is 2.04. The topological polar surface area (TPSA) is 29.9 Å². The Balaban J connectivity index is 1.87. The van der Waals surface area contributed by atoms with Crippen molar-refractivity contribution in [2.24, 2.45) is 7.05 Å². The molecule has 0 atom stereocenters. The van der Waals surface area contributed by atoms with Gasteiger partial charge in [-0.15, -0.1) is 0 Å². The minimum atomic E-state index is 0.902. The maximum absolute atomic E-state index is 4.66. The van der Waals surface area contributed by atoms with Gasteiger partial charge in [-0.3, -0.25) is 0 Å². The summed E-state index contributed by atoms with van der Waals surface area (Å²) in [4.78, 5) is 4.66. The zero-order valence-electron chi connectivity index (χ0n) is 11.9. The molecule has 0 spiro atoms. The SMILES string of the molecule is CCCNCCC=CCc1nc2ccccc2n1C. The van der Waals surface area contributed by atoms with Crippen LogP contribution in [0, 0.1) is 0 Å². The molecule has 0 fully saturated rings. The van der Waals surface area contributed by atoms with Crippen molar-refractivity contribution in [1.29, 1.82) is 0 Å². The molecule has 1 N–H and O–H groups in total. The number of hydrogen-bond acceptors (Lipinski definition) is 2. The molecule has 0 aliphatic heterocycles. The number of nitrogens with one attached hydrogen (secondary N) is 1. The van der Waals surface area contributed by atoms with Gasteiger partial charge < -0.3 is 9.88 Å². The number of aromatic nitrogens is 2. The van der Waals surface area contributed by atoms with E-state index in [1.54, 1.807) is 0 Å². The third kappa shape index (κ3) is 3.67. The maximum Gasteiger partial charge on any atom is 0.113 e. The Morgan fingerprint density at radius 1 is 1.21 bits per heavy atom. The average molecular weight is 257 g/mol. The van der Waals surface area contributed by atoms with Crippen molar-refractivity contribution in [1.82, 2.24) is 14.9 Å². The van der Waals surface area contributed by atoms with Crippen molar-refractivity contribution in [3.63, 3.8) is 0 Å². The minimum absolute atomic E-state index is 0.902. The number of fused-ring (bicyclic) bond motifs is 1. The van der Waals surface area contributed by atoms with E-state index < -0.39 is 0 Å². The van der Waals surface area contributed by atoms with Gasteiger partial charge in [-0.1, -0.05) is 31.2 Å². The van der Waals surface area contributed by atoms with Gasteiger partial charge in [-0.05, 0) is 38.1 Å². The molecule has 0 aliphatic rings. The van der Waals surface area contributed by atoms with E-state index in [4.69, 9.17) is 0 Å². The van der Waals surface area contributed by atoms with Crippen molar-refractivity contribution in [2.75, 3.05) is 13.1 Å². The van der Waals surface area contributed by atoms with E-state index in [2.05, 4.69) is 59.2 Å². The van der Waals surface area contributed by atoms with Crippen LogP contribution in [-0.2, 0) is 13.5 Å². The molecule has 0 aliphatic carbocycles. The first-order valence-corrected chi connectivity index (χ1v) is 7.09. The van der Waals surface area contributed by atoms with E-state index in [1.807, 2.05) is 6.07 Å². The van der Waals surface area contributed by atoms with Gasteiger partial charge in [-0.25, -0.2) is 4.98 Å². The normalized spacial score (nSPS) is 11.7. The summed E-state index contributed by atoms with van der Waals surface area (Å²) in [5.41, 5.74) is 2.29. The minimum Gasteiger partial charge on any atom is -0.331 e. The highest BCUT2D eigenvalue weighted by Crippen LogP contribution is 2.14. The molecular formula is C16H23N3. The summed E-state index contributed by atoms with van der Waals surface area (Å²) in [7, 11) is 2.08. The van der Waals surface area contributed by atoms with Gasteiger partial charge in [0.05, 0.1) is 11.0 Å². The summed E-state index contributed by atoms with van der Waals surface area (Å²) in [5.74, 6) is 1.12. The lowest BCUT2D eigenvalue weighted by Gasteiger charge is -1.99. The van der Waals surface area contributed by atoms with Crippen LogP contribution >= 0.6 is 0 Å². The molecule has 0 saturated carbocycles. The molecule has 102 valence electrons. The van der Waals surface area contributed by atoms with E-state index in [1.165, 1.54) is 11.9 Å². The summed E-state index contributed by atoms with van der Waals surface area (Å²) in [5, 5.41) is 3.39. The van der Waals surface area contributed by atoms with Crippen molar-refractivity contribution in [3.8, 4) is 0 Å². The fraction of sp³-hybridized carbons (Fsp3) is 0.438. The molecule has 3 heteroatoms. The van der Waals surface area contributed by atoms with Gasteiger partial charge in [0.25, 0.3) is 0 Å². The van der Waals surface area contributed by atoms with Crippen molar-refractivity contribution >= 4 is 11.0 Å². The van der Waals surface area contributed by atoms with Gasteiger partial charge in [0, 0.05) is 13.5 Å². The second-order valence-electron chi connectivity index (χ2n) is 4.79. The van der Waals surface area contributed by atoms with Crippen LogP contribution in [0.2, 0.25) is 0 Å². The van der Waals surface area contributed by atoms with Crippen LogP contribution in [0.3, 0.4) is 0 Å². The lowest BCUT2D eigenvalue weighted by molar-refractivity contribution is 0.677. The van der Waals surface area contributed by atoms with Crippen molar-refractivity contribution in [3.05, 3.63) is 42.2 Å². The zero-order valence-corrected chi connectivity index (χ0v) is 11.9. The number of imidazole rings is 1. The number of aryl methyl sites for hydroxylation is 1. The Hall–Kier alpha value is -1.61. The van der Waals surface area contributed by atoms with E-state index >= 15 is 0 Å². The zero-order chi connectivity index (χ0) is 13.5. The number of para-hydroxylation sites is 2. The molecule has 0 saturated heterocycles. The highest BCUT2D eigenvalue weighted by molar-refractivity contribution is 5.75. The molecule has 1 heterocycles. The van der Waals surface area contributed by atoms with Crippen LogP contribution in [0.4, 0.5) is 0 Å². The molecule has 0 unspecified atom stereocenters. The Bertz CT molecular complexity index is 540. The van der Waals surface area contributed by atoms with Gasteiger partial charge in [0.2, 0.25) is 0 Å². The van der Waals surface area contributed by atoms with Crippen LogP contribution in [0.15, 0.2) is 36.4 Å². The van der Waals surface area contributed by atoms with Gasteiger partial charge in [0.1, 0.15) is 5.82 Å². The molecule has 1 aromatic heterocycles. The van der Waals surface area contributed by atoms with E-state index in [-0.39, 0.29) is 0 Å². The summed E-state index contributed by atoms with van der Waals surface area (Å²) in [6.07, 6.45) is 7.64. The number of rotatable bonds is 7. The molecule has 1 aromatic carbocycles. The summed E-state index contributed by atoms with van der Waals surface area (Å²) in [6.45, 7) is 4.36. The van der Waals surface area contributed by atoms with Crippen LogP contribution in [0.5, 0.6) is 0 Å². The molecule has 0 amide bonds. The molecule has 2 rings (SSSR count). The second kappa shape index (κ2) is 7.10. The molecule has 2 aromatic rings. The Morgan fingerprint density at radius 2 is 2.05 bits per heavy atom. The fourth-order valence-corrected chi connectivity index (χ4v) is 2.17. The fourth-order valence-electron chi connectivity index (χ4n) is 2.17. The predicted molar refractivity (Wildman–Crippen MR) is 81.3 cm³/mol. The number of hydrogen-bond donors (Lipinski definition) is 1. The number of nitrogens with zero attached hydrogens (tertiary/aromatic N) is 2. The lowest BCUT2D eigenvalue weighted by atomic mass is 10.3. The smallest absolute Gasteiger partial charge is 0.113 e. The monoisotopic (exact) mass is 257 g/mol. The number of allylic oxidation sites excluding steroid dienone is 1. The van der Waals surface area contributed by atoms with E-state index in [9.17, 15) is 0 Å². The highest BCUT2D eigenvalue weighted by atomic mass is 15.1. The lowest BCUT2D eigenvalue weighted by Crippen LogP contribution is -2.15. The third-order valence-corrected chi connectivity index (χ3v) is 3.26. The molecular weight excluding hydrogens is 234 g/mol. The van der Waals surface area contributed by atoms with Crippen molar-refractivity contribution in [2.45, 2.75) is 26.2 Å². The summed E-state index contributed by atoms with van der Waals surface area (Å²) < 4.78 is 2.18. The number of benzene rings is 1.